The van der Waals surface area contributed by atoms with Crippen molar-refractivity contribution in [3.63, 3.8) is 0 Å². The highest BCUT2D eigenvalue weighted by molar-refractivity contribution is 5.14. The molecule has 1 unspecified atom stereocenters. The van der Waals surface area contributed by atoms with Gasteiger partial charge in [-0.3, -0.25) is 4.90 Å². The summed E-state index contributed by atoms with van der Waals surface area (Å²) in [6.07, 6.45) is 3.76. The molecule has 2 nitrogen and oxygen atoms in total. The molecule has 0 fully saturated rings. The van der Waals surface area contributed by atoms with Gasteiger partial charge in [0.25, 0.3) is 0 Å². The van der Waals surface area contributed by atoms with Crippen molar-refractivity contribution in [3.05, 3.63) is 35.9 Å². The molecule has 0 radical (unpaired) electrons. The topological polar surface area (TPSA) is 15.3 Å². The zero-order valence-electron chi connectivity index (χ0n) is 14.5. The van der Waals surface area contributed by atoms with Gasteiger partial charge in [0.2, 0.25) is 0 Å². The quantitative estimate of drug-likeness (QED) is 0.611. The third-order valence-electron chi connectivity index (χ3n) is 4.13. The number of hydrogen-bond acceptors (Lipinski definition) is 2. The maximum Gasteiger partial charge on any atom is 0.0233 e. The van der Waals surface area contributed by atoms with E-state index >= 15 is 0 Å². The van der Waals surface area contributed by atoms with Crippen molar-refractivity contribution in [2.75, 3.05) is 26.2 Å². The minimum absolute atomic E-state index is 0.370. The molecule has 0 amide bonds. The largest absolute Gasteiger partial charge is 0.316 e. The molecule has 1 aromatic rings. The molecule has 0 aliphatic heterocycles. The van der Waals surface area contributed by atoms with Gasteiger partial charge in [0.05, 0.1) is 0 Å². The monoisotopic (exact) mass is 290 g/mol. The van der Waals surface area contributed by atoms with E-state index in [1.807, 2.05) is 0 Å². The normalized spacial score (nSPS) is 14.3. The molecule has 0 aliphatic rings. The van der Waals surface area contributed by atoms with Gasteiger partial charge in [0, 0.05) is 19.6 Å². The molecule has 0 bridgehead atoms. The predicted molar refractivity (Wildman–Crippen MR) is 93.6 cm³/mol. The van der Waals surface area contributed by atoms with Crippen LogP contribution in [0.3, 0.4) is 0 Å². The Labute approximate surface area is 131 Å². The van der Waals surface area contributed by atoms with Crippen LogP contribution >= 0.6 is 0 Å². The van der Waals surface area contributed by atoms with Crippen molar-refractivity contribution in [2.24, 2.45) is 5.41 Å². The standard InChI is InChI=1S/C19H34N2/c1-5-13-19(4,16-20-14-6-2)17-21(7-3)15-18-11-9-8-10-12-18/h8-12,20H,5-7,13-17H2,1-4H3. The minimum atomic E-state index is 0.370. The molecule has 0 heterocycles. The van der Waals surface area contributed by atoms with Gasteiger partial charge in [-0.25, -0.2) is 0 Å². The second kappa shape index (κ2) is 9.97. The van der Waals surface area contributed by atoms with Crippen LogP contribution in [-0.2, 0) is 6.54 Å². The van der Waals surface area contributed by atoms with Crippen LogP contribution in [0.2, 0.25) is 0 Å². The lowest BCUT2D eigenvalue weighted by Gasteiger charge is -2.35. The van der Waals surface area contributed by atoms with E-state index in [9.17, 15) is 0 Å². The third-order valence-corrected chi connectivity index (χ3v) is 4.13. The molecule has 1 rings (SSSR count). The Balaban J connectivity index is 2.60. The molecule has 2 heteroatoms. The van der Waals surface area contributed by atoms with E-state index in [0.717, 1.165) is 26.2 Å². The van der Waals surface area contributed by atoms with Crippen molar-refractivity contribution in [3.8, 4) is 0 Å². The Kier molecular flexibility index (Phi) is 8.63. The van der Waals surface area contributed by atoms with Crippen molar-refractivity contribution in [1.82, 2.24) is 10.2 Å². The van der Waals surface area contributed by atoms with Crippen LogP contribution in [0.5, 0.6) is 0 Å². The first-order chi connectivity index (χ1) is 10.1. The zero-order chi connectivity index (χ0) is 15.6. The van der Waals surface area contributed by atoms with Gasteiger partial charge < -0.3 is 5.32 Å². The first kappa shape index (κ1) is 18.2. The lowest BCUT2D eigenvalue weighted by Crippen LogP contribution is -2.42. The van der Waals surface area contributed by atoms with Gasteiger partial charge in [0.15, 0.2) is 0 Å². The number of nitrogens with one attached hydrogen (secondary N) is 1. The van der Waals surface area contributed by atoms with Crippen molar-refractivity contribution >= 4 is 0 Å². The first-order valence-corrected chi connectivity index (χ1v) is 8.60. The lowest BCUT2D eigenvalue weighted by molar-refractivity contribution is 0.149. The average molecular weight is 290 g/mol. The predicted octanol–water partition coefficient (Wildman–Crippen LogP) is 4.31. The molecular formula is C19H34N2. The fourth-order valence-corrected chi connectivity index (χ4v) is 3.05. The Hall–Kier alpha value is -0.860. The van der Waals surface area contributed by atoms with E-state index in [1.54, 1.807) is 0 Å². The fourth-order valence-electron chi connectivity index (χ4n) is 3.05. The average Bonchev–Trinajstić information content (AvgIpc) is 2.48. The Morgan fingerprint density at radius 2 is 1.76 bits per heavy atom. The summed E-state index contributed by atoms with van der Waals surface area (Å²) in [5.74, 6) is 0. The van der Waals surface area contributed by atoms with Crippen LogP contribution in [-0.4, -0.2) is 31.1 Å². The number of rotatable bonds is 11. The Morgan fingerprint density at radius 3 is 2.33 bits per heavy atom. The van der Waals surface area contributed by atoms with Crippen molar-refractivity contribution < 1.29 is 0 Å². The highest BCUT2D eigenvalue weighted by Crippen LogP contribution is 2.24. The van der Waals surface area contributed by atoms with Crippen LogP contribution in [0, 0.1) is 5.41 Å². The smallest absolute Gasteiger partial charge is 0.0233 e. The van der Waals surface area contributed by atoms with Crippen LogP contribution in [0.25, 0.3) is 0 Å². The molecular weight excluding hydrogens is 256 g/mol. The Morgan fingerprint density at radius 1 is 1.05 bits per heavy atom. The molecule has 0 spiro atoms. The summed E-state index contributed by atoms with van der Waals surface area (Å²) in [6, 6.07) is 10.8. The molecule has 0 saturated heterocycles. The molecule has 1 aromatic carbocycles. The highest BCUT2D eigenvalue weighted by Gasteiger charge is 2.25. The second-order valence-corrected chi connectivity index (χ2v) is 6.53. The SMILES string of the molecule is CCCNCC(C)(CCC)CN(CC)Cc1ccccc1. The van der Waals surface area contributed by atoms with Gasteiger partial charge in [0.1, 0.15) is 0 Å². The summed E-state index contributed by atoms with van der Waals surface area (Å²) in [4.78, 5) is 2.58. The van der Waals surface area contributed by atoms with E-state index < -0.39 is 0 Å². The van der Waals surface area contributed by atoms with Gasteiger partial charge in [-0.15, -0.1) is 0 Å². The van der Waals surface area contributed by atoms with E-state index in [1.165, 1.54) is 31.4 Å². The van der Waals surface area contributed by atoms with Crippen molar-refractivity contribution in [2.45, 2.75) is 53.5 Å². The van der Waals surface area contributed by atoms with E-state index in [-0.39, 0.29) is 0 Å². The van der Waals surface area contributed by atoms with E-state index in [0.29, 0.717) is 5.41 Å². The van der Waals surface area contributed by atoms with Gasteiger partial charge in [-0.05, 0) is 36.9 Å². The fraction of sp³-hybridized carbons (Fsp3) is 0.684. The molecule has 0 saturated carbocycles. The first-order valence-electron chi connectivity index (χ1n) is 8.60. The molecule has 1 atom stereocenters. The number of benzene rings is 1. The Bertz CT molecular complexity index is 363. The van der Waals surface area contributed by atoms with Gasteiger partial charge in [-0.2, -0.15) is 0 Å². The van der Waals surface area contributed by atoms with Crippen LogP contribution in [0.15, 0.2) is 30.3 Å². The lowest BCUT2D eigenvalue weighted by atomic mass is 9.84. The number of hydrogen-bond donors (Lipinski definition) is 1. The maximum absolute atomic E-state index is 3.63. The zero-order valence-corrected chi connectivity index (χ0v) is 14.5. The summed E-state index contributed by atoms with van der Waals surface area (Å²) in [6.45, 7) is 14.8. The van der Waals surface area contributed by atoms with Crippen LogP contribution in [0.1, 0.15) is 52.5 Å². The van der Waals surface area contributed by atoms with Crippen LogP contribution in [0.4, 0.5) is 0 Å². The van der Waals surface area contributed by atoms with Gasteiger partial charge >= 0.3 is 0 Å². The summed E-state index contributed by atoms with van der Waals surface area (Å²) < 4.78 is 0. The summed E-state index contributed by atoms with van der Waals surface area (Å²) in [5, 5.41) is 3.63. The van der Waals surface area contributed by atoms with Gasteiger partial charge in [-0.1, -0.05) is 64.4 Å². The molecule has 0 aliphatic carbocycles. The molecule has 1 N–H and O–H groups in total. The molecule has 0 aromatic heterocycles. The molecule has 120 valence electrons. The summed E-state index contributed by atoms with van der Waals surface area (Å²) in [7, 11) is 0. The van der Waals surface area contributed by atoms with E-state index in [2.05, 4.69) is 68.2 Å². The summed E-state index contributed by atoms with van der Waals surface area (Å²) in [5.41, 5.74) is 1.79. The second-order valence-electron chi connectivity index (χ2n) is 6.53. The highest BCUT2D eigenvalue weighted by atomic mass is 15.1. The molecule has 21 heavy (non-hydrogen) atoms. The van der Waals surface area contributed by atoms with Crippen LogP contribution < -0.4 is 5.32 Å². The minimum Gasteiger partial charge on any atom is -0.316 e. The summed E-state index contributed by atoms with van der Waals surface area (Å²) >= 11 is 0. The van der Waals surface area contributed by atoms with Crippen molar-refractivity contribution in [1.29, 1.82) is 0 Å². The van der Waals surface area contributed by atoms with E-state index in [4.69, 9.17) is 0 Å². The maximum atomic E-state index is 3.63. The third kappa shape index (κ3) is 7.10. The number of nitrogens with zero attached hydrogens (tertiary/aromatic N) is 1.